The Morgan fingerprint density at radius 3 is 2.92 bits per heavy atom. The molecule has 4 heteroatoms. The molecule has 0 saturated carbocycles. The molecule has 0 saturated heterocycles. The lowest BCUT2D eigenvalue weighted by molar-refractivity contribution is 0.292. The Balaban J connectivity index is 2.40. The van der Waals surface area contributed by atoms with E-state index in [1.165, 1.54) is 0 Å². The second-order valence-electron chi connectivity index (χ2n) is 3.31. The molecule has 0 unspecified atom stereocenters. The van der Waals surface area contributed by atoms with E-state index in [4.69, 9.17) is 5.11 Å². The zero-order chi connectivity index (χ0) is 9.68. The third-order valence-electron chi connectivity index (χ3n) is 1.79. The molecule has 0 aliphatic heterocycles. The predicted octanol–water partition coefficient (Wildman–Crippen LogP) is 1.26. The fraction of sp³-hybridized carbons (Fsp3) is 0.667. The zero-order valence-electron chi connectivity index (χ0n) is 8.20. The first-order valence-electron chi connectivity index (χ1n) is 4.63. The highest BCUT2D eigenvalue weighted by molar-refractivity contribution is 5.37. The van der Waals surface area contributed by atoms with E-state index in [9.17, 15) is 0 Å². The number of nitrogens with one attached hydrogen (secondary N) is 1. The highest BCUT2D eigenvalue weighted by Gasteiger charge is 1.99. The number of aliphatic hydroxyl groups excluding tert-OH is 1. The molecule has 0 radical (unpaired) electrons. The molecule has 1 aromatic rings. The fourth-order valence-corrected chi connectivity index (χ4v) is 1.02. The van der Waals surface area contributed by atoms with Gasteiger partial charge in [-0.25, -0.2) is 0 Å². The second kappa shape index (κ2) is 4.87. The molecule has 1 rings (SSSR count). The third-order valence-corrected chi connectivity index (χ3v) is 1.79. The van der Waals surface area contributed by atoms with Crippen molar-refractivity contribution in [2.24, 2.45) is 0 Å². The van der Waals surface area contributed by atoms with Crippen LogP contribution < -0.4 is 5.32 Å². The molecule has 2 N–H and O–H groups in total. The van der Waals surface area contributed by atoms with Crippen molar-refractivity contribution in [1.29, 1.82) is 0 Å². The first-order chi connectivity index (χ1) is 6.24. The van der Waals surface area contributed by atoms with Crippen molar-refractivity contribution in [3.63, 3.8) is 0 Å². The first kappa shape index (κ1) is 10.1. The summed E-state index contributed by atoms with van der Waals surface area (Å²) in [6.45, 7) is 5.20. The molecule has 0 aliphatic carbocycles. The van der Waals surface area contributed by atoms with Gasteiger partial charge in [0.2, 0.25) is 0 Å². The molecular weight excluding hydrogens is 166 g/mol. The van der Waals surface area contributed by atoms with Gasteiger partial charge < -0.3 is 10.4 Å². The van der Waals surface area contributed by atoms with Crippen LogP contribution in [-0.4, -0.2) is 28.0 Å². The Labute approximate surface area is 78.6 Å². The molecule has 0 spiro atoms. The summed E-state index contributed by atoms with van der Waals surface area (Å²) < 4.78 is 1.90. The van der Waals surface area contributed by atoms with E-state index in [-0.39, 0.29) is 6.61 Å². The first-order valence-corrected chi connectivity index (χ1v) is 4.63. The van der Waals surface area contributed by atoms with Gasteiger partial charge in [-0.1, -0.05) is 0 Å². The van der Waals surface area contributed by atoms with Crippen molar-refractivity contribution in [3.8, 4) is 0 Å². The van der Waals surface area contributed by atoms with E-state index in [0.717, 1.165) is 18.7 Å². The molecule has 74 valence electrons. The Hall–Kier alpha value is -1.03. The summed E-state index contributed by atoms with van der Waals surface area (Å²) in [7, 11) is 0. The van der Waals surface area contributed by atoms with Crippen LogP contribution in [0.5, 0.6) is 0 Å². The molecular formula is C9H17N3O. The molecule has 0 amide bonds. The average Bonchev–Trinajstić information content (AvgIpc) is 2.53. The minimum atomic E-state index is 0.227. The minimum absolute atomic E-state index is 0.227. The van der Waals surface area contributed by atoms with Crippen LogP contribution in [0.4, 0.5) is 5.69 Å². The number of hydrogen-bond donors (Lipinski definition) is 2. The van der Waals surface area contributed by atoms with E-state index in [0.29, 0.717) is 6.04 Å². The summed E-state index contributed by atoms with van der Waals surface area (Å²) in [5, 5.41) is 15.9. The number of hydrogen-bond acceptors (Lipinski definition) is 3. The van der Waals surface area contributed by atoms with Crippen molar-refractivity contribution < 1.29 is 5.11 Å². The highest BCUT2D eigenvalue weighted by atomic mass is 16.3. The number of aliphatic hydroxyl groups is 1. The Kier molecular flexibility index (Phi) is 3.76. The van der Waals surface area contributed by atoms with Crippen LogP contribution in [0.3, 0.4) is 0 Å². The van der Waals surface area contributed by atoms with Crippen LogP contribution in [0.2, 0.25) is 0 Å². The molecule has 0 aliphatic rings. The molecule has 0 bridgehead atoms. The Bertz CT molecular complexity index is 245. The maximum absolute atomic E-state index is 8.58. The normalized spacial score (nSPS) is 10.8. The SMILES string of the molecule is CC(C)n1cc(NCCCO)cn1. The summed E-state index contributed by atoms with van der Waals surface area (Å²) in [5.41, 5.74) is 1.02. The summed E-state index contributed by atoms with van der Waals surface area (Å²) in [6, 6.07) is 0.397. The van der Waals surface area contributed by atoms with Crippen molar-refractivity contribution >= 4 is 5.69 Å². The maximum Gasteiger partial charge on any atom is 0.0726 e. The van der Waals surface area contributed by atoms with E-state index < -0.39 is 0 Å². The Morgan fingerprint density at radius 2 is 2.38 bits per heavy atom. The highest BCUT2D eigenvalue weighted by Crippen LogP contribution is 2.09. The monoisotopic (exact) mass is 183 g/mol. The van der Waals surface area contributed by atoms with Gasteiger partial charge in [0.1, 0.15) is 0 Å². The van der Waals surface area contributed by atoms with Gasteiger partial charge in [0, 0.05) is 25.4 Å². The largest absolute Gasteiger partial charge is 0.396 e. The van der Waals surface area contributed by atoms with E-state index in [1.807, 2.05) is 10.9 Å². The van der Waals surface area contributed by atoms with Gasteiger partial charge in [0.25, 0.3) is 0 Å². The molecule has 1 heterocycles. The lowest BCUT2D eigenvalue weighted by Crippen LogP contribution is -2.03. The summed E-state index contributed by atoms with van der Waals surface area (Å²) in [6.07, 6.45) is 4.55. The fourth-order valence-electron chi connectivity index (χ4n) is 1.02. The van der Waals surface area contributed by atoms with Gasteiger partial charge in [-0.15, -0.1) is 0 Å². The van der Waals surface area contributed by atoms with Gasteiger partial charge in [-0.05, 0) is 20.3 Å². The van der Waals surface area contributed by atoms with E-state index in [1.54, 1.807) is 6.20 Å². The van der Waals surface area contributed by atoms with Gasteiger partial charge in [-0.2, -0.15) is 5.10 Å². The number of nitrogens with zero attached hydrogens (tertiary/aromatic N) is 2. The number of anilines is 1. The number of rotatable bonds is 5. The van der Waals surface area contributed by atoms with Crippen LogP contribution in [0.25, 0.3) is 0 Å². The van der Waals surface area contributed by atoms with E-state index in [2.05, 4.69) is 24.3 Å². The molecule has 4 nitrogen and oxygen atoms in total. The number of aromatic nitrogens is 2. The third kappa shape index (κ3) is 3.06. The Morgan fingerprint density at radius 1 is 1.62 bits per heavy atom. The van der Waals surface area contributed by atoms with Crippen LogP contribution in [0.1, 0.15) is 26.3 Å². The zero-order valence-corrected chi connectivity index (χ0v) is 8.20. The van der Waals surface area contributed by atoms with Crippen molar-refractivity contribution in [1.82, 2.24) is 9.78 Å². The van der Waals surface area contributed by atoms with Crippen molar-refractivity contribution in [2.45, 2.75) is 26.3 Å². The van der Waals surface area contributed by atoms with Gasteiger partial charge in [-0.3, -0.25) is 4.68 Å². The van der Waals surface area contributed by atoms with Crippen LogP contribution in [0, 0.1) is 0 Å². The lowest BCUT2D eigenvalue weighted by Gasteiger charge is -2.03. The van der Waals surface area contributed by atoms with Crippen LogP contribution in [-0.2, 0) is 0 Å². The quantitative estimate of drug-likeness (QED) is 0.676. The minimum Gasteiger partial charge on any atom is -0.396 e. The maximum atomic E-state index is 8.58. The summed E-state index contributed by atoms with van der Waals surface area (Å²) in [4.78, 5) is 0. The van der Waals surface area contributed by atoms with Gasteiger partial charge in [0.05, 0.1) is 11.9 Å². The van der Waals surface area contributed by atoms with Gasteiger partial charge >= 0.3 is 0 Å². The van der Waals surface area contributed by atoms with E-state index >= 15 is 0 Å². The second-order valence-corrected chi connectivity index (χ2v) is 3.31. The van der Waals surface area contributed by atoms with Crippen molar-refractivity contribution in [3.05, 3.63) is 12.4 Å². The lowest BCUT2D eigenvalue weighted by atomic mass is 10.4. The summed E-state index contributed by atoms with van der Waals surface area (Å²) in [5.74, 6) is 0. The standard InChI is InChI=1S/C9H17N3O/c1-8(2)12-7-9(6-11-12)10-4-3-5-13/h6-8,10,13H,3-5H2,1-2H3. The van der Waals surface area contributed by atoms with Crippen molar-refractivity contribution in [2.75, 3.05) is 18.5 Å². The predicted molar refractivity (Wildman–Crippen MR) is 52.8 cm³/mol. The molecule has 13 heavy (non-hydrogen) atoms. The smallest absolute Gasteiger partial charge is 0.0726 e. The van der Waals surface area contributed by atoms with Crippen LogP contribution in [0.15, 0.2) is 12.4 Å². The molecule has 1 aromatic heterocycles. The summed E-state index contributed by atoms with van der Waals surface area (Å²) >= 11 is 0. The van der Waals surface area contributed by atoms with Gasteiger partial charge in [0.15, 0.2) is 0 Å². The molecule has 0 atom stereocenters. The topological polar surface area (TPSA) is 50.1 Å². The van der Waals surface area contributed by atoms with Crippen LogP contribution >= 0.6 is 0 Å². The molecule has 0 fully saturated rings. The average molecular weight is 183 g/mol. The molecule has 0 aromatic carbocycles.